The normalized spacial score (nSPS) is 10.8. The molecule has 0 aliphatic carbocycles. The Kier molecular flexibility index (Phi) is 3.06. The second-order valence-corrected chi connectivity index (χ2v) is 4.67. The van der Waals surface area contributed by atoms with E-state index in [2.05, 4.69) is 10.1 Å². The molecular formula is C15H12FN3O2. The number of benzene rings is 1. The second kappa shape index (κ2) is 4.90. The molecule has 6 heteroatoms. The highest BCUT2D eigenvalue weighted by molar-refractivity contribution is 5.86. The standard InChI is InChI=1S/C15H12FN3O2/c1-8-5-12(20)11(7-18-8)14-13(15(17)21-19-14)9-3-2-4-10(16)6-9/h2-7H,17H2,1H3,(H,18,20). The van der Waals surface area contributed by atoms with E-state index in [-0.39, 0.29) is 11.3 Å². The third kappa shape index (κ3) is 2.31. The lowest BCUT2D eigenvalue weighted by atomic mass is 10.0. The number of rotatable bonds is 2. The fourth-order valence-corrected chi connectivity index (χ4v) is 2.17. The summed E-state index contributed by atoms with van der Waals surface area (Å²) in [6.07, 6.45) is 1.54. The average molecular weight is 285 g/mol. The third-order valence-electron chi connectivity index (χ3n) is 3.14. The van der Waals surface area contributed by atoms with Crippen LogP contribution in [0.3, 0.4) is 0 Å². The highest BCUT2D eigenvalue weighted by Crippen LogP contribution is 2.34. The Hall–Kier alpha value is -2.89. The van der Waals surface area contributed by atoms with Gasteiger partial charge in [-0.15, -0.1) is 0 Å². The zero-order valence-electron chi connectivity index (χ0n) is 11.2. The van der Waals surface area contributed by atoms with Crippen molar-refractivity contribution in [3.05, 3.63) is 58.3 Å². The molecule has 0 unspecified atom stereocenters. The molecule has 0 atom stereocenters. The molecule has 0 aliphatic rings. The van der Waals surface area contributed by atoms with Gasteiger partial charge in [-0.2, -0.15) is 0 Å². The van der Waals surface area contributed by atoms with Gasteiger partial charge in [0.05, 0.1) is 11.1 Å². The molecule has 2 heterocycles. The molecule has 3 rings (SSSR count). The van der Waals surface area contributed by atoms with Crippen LogP contribution in [-0.2, 0) is 0 Å². The highest BCUT2D eigenvalue weighted by Gasteiger charge is 2.19. The van der Waals surface area contributed by atoms with Crippen LogP contribution in [0, 0.1) is 12.7 Å². The molecule has 0 saturated carbocycles. The van der Waals surface area contributed by atoms with Crippen LogP contribution in [0.15, 0.2) is 45.8 Å². The molecule has 0 aliphatic heterocycles. The number of nitrogens with zero attached hydrogens (tertiary/aromatic N) is 1. The Labute approximate surface area is 119 Å². The smallest absolute Gasteiger partial charge is 0.230 e. The lowest BCUT2D eigenvalue weighted by molar-refractivity contribution is 0.439. The molecule has 0 bridgehead atoms. The summed E-state index contributed by atoms with van der Waals surface area (Å²) >= 11 is 0. The summed E-state index contributed by atoms with van der Waals surface area (Å²) < 4.78 is 18.4. The molecular weight excluding hydrogens is 273 g/mol. The van der Waals surface area contributed by atoms with Gasteiger partial charge >= 0.3 is 0 Å². The van der Waals surface area contributed by atoms with Gasteiger partial charge in [-0.1, -0.05) is 17.3 Å². The van der Waals surface area contributed by atoms with Crippen molar-refractivity contribution < 1.29 is 8.91 Å². The van der Waals surface area contributed by atoms with Crippen molar-refractivity contribution in [1.29, 1.82) is 0 Å². The summed E-state index contributed by atoms with van der Waals surface area (Å²) in [4.78, 5) is 15.0. The van der Waals surface area contributed by atoms with Crippen molar-refractivity contribution in [2.75, 3.05) is 5.73 Å². The predicted octanol–water partition coefficient (Wildman–Crippen LogP) is 2.73. The Morgan fingerprint density at radius 3 is 2.86 bits per heavy atom. The van der Waals surface area contributed by atoms with Gasteiger partial charge in [-0.05, 0) is 24.6 Å². The SMILES string of the molecule is Cc1cc(=O)c(-c2noc(N)c2-c2cccc(F)c2)c[nH]1. The molecule has 1 aromatic carbocycles. The fraction of sp³-hybridized carbons (Fsp3) is 0.0667. The number of anilines is 1. The lowest BCUT2D eigenvalue weighted by Gasteiger charge is -2.03. The Balaban J connectivity index is 2.24. The molecule has 0 spiro atoms. The topological polar surface area (TPSA) is 84.9 Å². The van der Waals surface area contributed by atoms with E-state index < -0.39 is 5.82 Å². The summed E-state index contributed by atoms with van der Waals surface area (Å²) in [6.45, 7) is 1.77. The molecule has 0 radical (unpaired) electrons. The van der Waals surface area contributed by atoms with E-state index in [1.165, 1.54) is 24.4 Å². The second-order valence-electron chi connectivity index (χ2n) is 4.67. The van der Waals surface area contributed by atoms with Gasteiger partial charge in [0.1, 0.15) is 11.5 Å². The predicted molar refractivity (Wildman–Crippen MR) is 77.1 cm³/mol. The number of pyridine rings is 1. The number of aromatic amines is 1. The monoisotopic (exact) mass is 285 g/mol. The van der Waals surface area contributed by atoms with Gasteiger partial charge in [0.15, 0.2) is 5.43 Å². The van der Waals surface area contributed by atoms with E-state index in [9.17, 15) is 9.18 Å². The molecule has 3 aromatic rings. The van der Waals surface area contributed by atoms with Crippen LogP contribution in [-0.4, -0.2) is 10.1 Å². The fourth-order valence-electron chi connectivity index (χ4n) is 2.17. The summed E-state index contributed by atoms with van der Waals surface area (Å²) in [5.41, 5.74) is 7.82. The van der Waals surface area contributed by atoms with Crippen molar-refractivity contribution >= 4 is 5.88 Å². The number of hydrogen-bond acceptors (Lipinski definition) is 4. The van der Waals surface area contributed by atoms with Crippen molar-refractivity contribution in [1.82, 2.24) is 10.1 Å². The van der Waals surface area contributed by atoms with Gasteiger partial charge in [0.2, 0.25) is 5.88 Å². The molecule has 21 heavy (non-hydrogen) atoms. The van der Waals surface area contributed by atoms with Crippen molar-refractivity contribution in [2.24, 2.45) is 0 Å². The van der Waals surface area contributed by atoms with Crippen LogP contribution in [0.4, 0.5) is 10.3 Å². The Bertz CT molecular complexity index is 867. The number of H-pyrrole nitrogens is 1. The minimum Gasteiger partial charge on any atom is -0.367 e. The maximum absolute atomic E-state index is 13.4. The van der Waals surface area contributed by atoms with Crippen LogP contribution in [0.2, 0.25) is 0 Å². The van der Waals surface area contributed by atoms with Gasteiger partial charge in [0, 0.05) is 18.0 Å². The molecule has 0 fully saturated rings. The summed E-state index contributed by atoms with van der Waals surface area (Å²) in [5.74, 6) is -0.368. The first kappa shape index (κ1) is 13.1. The minimum absolute atomic E-state index is 0.0376. The quantitative estimate of drug-likeness (QED) is 0.758. The molecule has 5 nitrogen and oxygen atoms in total. The first-order valence-electron chi connectivity index (χ1n) is 6.27. The van der Waals surface area contributed by atoms with Gasteiger partial charge in [-0.25, -0.2) is 4.39 Å². The van der Waals surface area contributed by atoms with E-state index in [0.717, 1.165) is 5.69 Å². The summed E-state index contributed by atoms with van der Waals surface area (Å²) in [6, 6.07) is 7.33. The zero-order chi connectivity index (χ0) is 15.0. The van der Waals surface area contributed by atoms with E-state index in [1.807, 2.05) is 0 Å². The number of nitrogen functional groups attached to an aromatic ring is 1. The van der Waals surface area contributed by atoms with Gasteiger partial charge in [-0.3, -0.25) is 4.79 Å². The van der Waals surface area contributed by atoms with E-state index in [1.54, 1.807) is 19.1 Å². The first-order valence-corrected chi connectivity index (χ1v) is 6.27. The van der Waals surface area contributed by atoms with Crippen molar-refractivity contribution in [3.8, 4) is 22.4 Å². The number of nitrogens with one attached hydrogen (secondary N) is 1. The number of aromatic nitrogens is 2. The maximum Gasteiger partial charge on any atom is 0.230 e. The highest BCUT2D eigenvalue weighted by atomic mass is 19.1. The maximum atomic E-state index is 13.4. The average Bonchev–Trinajstić information content (AvgIpc) is 2.80. The largest absolute Gasteiger partial charge is 0.367 e. The molecule has 0 saturated heterocycles. The molecule has 3 N–H and O–H groups in total. The van der Waals surface area contributed by atoms with Crippen LogP contribution in [0.25, 0.3) is 22.4 Å². The molecule has 0 amide bonds. The van der Waals surface area contributed by atoms with Gasteiger partial charge < -0.3 is 15.2 Å². The van der Waals surface area contributed by atoms with Crippen molar-refractivity contribution in [2.45, 2.75) is 6.92 Å². The third-order valence-corrected chi connectivity index (χ3v) is 3.14. The van der Waals surface area contributed by atoms with E-state index >= 15 is 0 Å². The summed E-state index contributed by atoms with van der Waals surface area (Å²) in [7, 11) is 0. The van der Waals surface area contributed by atoms with E-state index in [4.69, 9.17) is 10.3 Å². The lowest BCUT2D eigenvalue weighted by Crippen LogP contribution is -2.06. The van der Waals surface area contributed by atoms with Crippen LogP contribution < -0.4 is 11.2 Å². The van der Waals surface area contributed by atoms with E-state index in [0.29, 0.717) is 22.4 Å². The van der Waals surface area contributed by atoms with Crippen molar-refractivity contribution in [3.63, 3.8) is 0 Å². The molecule has 2 aromatic heterocycles. The zero-order valence-corrected chi connectivity index (χ0v) is 11.2. The van der Waals surface area contributed by atoms with Crippen LogP contribution >= 0.6 is 0 Å². The minimum atomic E-state index is -0.406. The molecule has 106 valence electrons. The number of aryl methyl sites for hydroxylation is 1. The van der Waals surface area contributed by atoms with Crippen LogP contribution in [0.5, 0.6) is 0 Å². The number of halogens is 1. The Morgan fingerprint density at radius 1 is 1.33 bits per heavy atom. The number of nitrogens with two attached hydrogens (primary N) is 1. The summed E-state index contributed by atoms with van der Waals surface area (Å²) in [5, 5.41) is 3.84. The van der Waals surface area contributed by atoms with Crippen LogP contribution in [0.1, 0.15) is 5.69 Å². The number of hydrogen-bond donors (Lipinski definition) is 2. The Morgan fingerprint density at radius 2 is 2.14 bits per heavy atom. The first-order chi connectivity index (χ1) is 10.1. The van der Waals surface area contributed by atoms with Gasteiger partial charge in [0.25, 0.3) is 0 Å².